The molecule has 0 aliphatic carbocycles. The molecule has 0 rings (SSSR count). The van der Waals surface area contributed by atoms with Crippen molar-refractivity contribution < 1.29 is 24.5 Å². The largest absolute Gasteiger partial charge is 0.466 e. The van der Waals surface area contributed by atoms with E-state index in [1.165, 1.54) is 347 Å². The Morgan fingerprint density at radius 1 is 0.329 bits per heavy atom. The fraction of sp³-hybridized carbons (Fsp3) is 0.899. The maximum Gasteiger partial charge on any atom is 0.305 e. The molecule has 0 aromatic rings. The molecule has 1 amide bonds. The van der Waals surface area contributed by atoms with Gasteiger partial charge in [0, 0.05) is 12.8 Å². The highest BCUT2D eigenvalue weighted by Gasteiger charge is 2.20. The van der Waals surface area contributed by atoms with Crippen LogP contribution in [0.3, 0.4) is 0 Å². The van der Waals surface area contributed by atoms with Gasteiger partial charge in [0.1, 0.15) is 0 Å². The highest BCUT2D eigenvalue weighted by atomic mass is 16.5. The van der Waals surface area contributed by atoms with Crippen LogP contribution in [-0.2, 0) is 14.3 Å². The number of hydrogen-bond donors (Lipinski definition) is 3. The third-order valence-electron chi connectivity index (χ3n) is 18.2. The van der Waals surface area contributed by atoms with Crippen LogP contribution in [-0.4, -0.2) is 47.4 Å². The van der Waals surface area contributed by atoms with Gasteiger partial charge in [-0.1, -0.05) is 371 Å². The van der Waals surface area contributed by atoms with Crippen LogP contribution in [0.4, 0.5) is 0 Å². The quantitative estimate of drug-likeness (QED) is 0.0320. The molecule has 0 heterocycles. The van der Waals surface area contributed by atoms with Gasteiger partial charge in [-0.05, 0) is 83.5 Å². The Balaban J connectivity index is 3.32. The fourth-order valence-electron chi connectivity index (χ4n) is 12.3. The topological polar surface area (TPSA) is 95.9 Å². The first kappa shape index (κ1) is 83.1. The van der Waals surface area contributed by atoms with E-state index in [1.54, 1.807) is 0 Å². The first-order valence-electron chi connectivity index (χ1n) is 38.7. The Hall–Kier alpha value is -1.92. The smallest absolute Gasteiger partial charge is 0.305 e. The third-order valence-corrected chi connectivity index (χ3v) is 18.2. The number of aliphatic hydroxyl groups excluding tert-OH is 2. The minimum Gasteiger partial charge on any atom is -0.466 e. The van der Waals surface area contributed by atoms with Crippen LogP contribution in [0.5, 0.6) is 0 Å². The van der Waals surface area contributed by atoms with E-state index >= 15 is 0 Å². The molecular weight excluding hydrogens is 1040 g/mol. The maximum atomic E-state index is 12.5. The lowest BCUT2D eigenvalue weighted by Crippen LogP contribution is -2.45. The van der Waals surface area contributed by atoms with Crippen LogP contribution in [0, 0.1) is 0 Å². The number of rotatable bonds is 73. The summed E-state index contributed by atoms with van der Waals surface area (Å²) in [5.74, 6) is -0.0129. The van der Waals surface area contributed by atoms with Gasteiger partial charge in [0.15, 0.2) is 0 Å². The number of nitrogens with one attached hydrogen (secondary N) is 1. The average molecular weight is 1200 g/mol. The van der Waals surface area contributed by atoms with Crippen molar-refractivity contribution in [3.8, 4) is 0 Å². The molecule has 0 aromatic heterocycles. The number of esters is 1. The molecule has 0 saturated carbocycles. The molecular formula is C79H151NO5. The van der Waals surface area contributed by atoms with Crippen LogP contribution >= 0.6 is 0 Å². The number of aliphatic hydroxyl groups is 2. The Morgan fingerprint density at radius 3 is 0.906 bits per heavy atom. The second-order valence-corrected chi connectivity index (χ2v) is 26.7. The molecule has 0 aliphatic heterocycles. The van der Waals surface area contributed by atoms with E-state index in [1.807, 2.05) is 0 Å². The summed E-state index contributed by atoms with van der Waals surface area (Å²) < 4.78 is 5.51. The molecule has 85 heavy (non-hydrogen) atoms. The summed E-state index contributed by atoms with van der Waals surface area (Å²) in [6.07, 6.45) is 96.7. The van der Waals surface area contributed by atoms with Gasteiger partial charge in [-0.15, -0.1) is 0 Å². The van der Waals surface area contributed by atoms with Gasteiger partial charge in [-0.3, -0.25) is 9.59 Å². The zero-order valence-corrected chi connectivity index (χ0v) is 57.6. The van der Waals surface area contributed by atoms with Crippen molar-refractivity contribution in [2.45, 2.75) is 443 Å². The van der Waals surface area contributed by atoms with Crippen LogP contribution < -0.4 is 5.32 Å². The fourth-order valence-corrected chi connectivity index (χ4v) is 12.3. The predicted octanol–water partition coefficient (Wildman–Crippen LogP) is 25.4. The second kappa shape index (κ2) is 74.5. The number of unbranched alkanes of at least 4 members (excludes halogenated alkanes) is 56. The van der Waals surface area contributed by atoms with Crippen LogP contribution in [0.25, 0.3) is 0 Å². The molecule has 6 nitrogen and oxygen atoms in total. The number of allylic oxidation sites excluding steroid dienone is 6. The van der Waals surface area contributed by atoms with Gasteiger partial charge in [0.25, 0.3) is 0 Å². The summed E-state index contributed by atoms with van der Waals surface area (Å²) in [6, 6.07) is -0.538. The Kier molecular flexibility index (Phi) is 72.9. The van der Waals surface area contributed by atoms with Crippen LogP contribution in [0.15, 0.2) is 36.5 Å². The number of carbonyl (C=O) groups excluding carboxylic acids is 2. The standard InChI is InChI=1S/C79H151NO5/c1-3-5-7-9-11-13-15-16-17-18-43-46-49-53-57-61-65-69-73-79(84)85-74-70-66-62-58-54-50-47-44-41-39-37-35-33-31-29-27-25-23-21-19-20-22-24-26-28-30-32-34-36-38-40-42-45-48-52-56-60-64-68-72-78(83)80-76(75-81)77(82)71-67-63-59-55-51-14-12-10-8-6-4-2/h17-20,23,25,76-77,81-82H,3-16,21-22,24,26-75H2,1-2H3,(H,80,83)/b18-17-,20-19-,25-23-. The van der Waals surface area contributed by atoms with Crippen molar-refractivity contribution in [3.63, 3.8) is 0 Å². The van der Waals surface area contributed by atoms with Crippen molar-refractivity contribution >= 4 is 11.9 Å². The van der Waals surface area contributed by atoms with E-state index in [0.717, 1.165) is 51.4 Å². The van der Waals surface area contributed by atoms with E-state index in [4.69, 9.17) is 4.74 Å². The van der Waals surface area contributed by atoms with Crippen molar-refractivity contribution in [1.82, 2.24) is 5.32 Å². The Bertz CT molecular complexity index is 1380. The molecule has 2 unspecified atom stereocenters. The van der Waals surface area contributed by atoms with Gasteiger partial charge in [-0.2, -0.15) is 0 Å². The third kappa shape index (κ3) is 71.0. The molecule has 0 radical (unpaired) electrons. The summed E-state index contributed by atoms with van der Waals surface area (Å²) in [4.78, 5) is 24.6. The maximum absolute atomic E-state index is 12.5. The summed E-state index contributed by atoms with van der Waals surface area (Å²) in [6.45, 7) is 4.97. The minimum atomic E-state index is -0.661. The van der Waals surface area contributed by atoms with Gasteiger partial charge < -0.3 is 20.3 Å². The zero-order chi connectivity index (χ0) is 61.3. The number of amides is 1. The molecule has 0 aromatic carbocycles. The van der Waals surface area contributed by atoms with Gasteiger partial charge in [0.2, 0.25) is 5.91 Å². The van der Waals surface area contributed by atoms with Gasteiger partial charge in [0.05, 0.1) is 25.4 Å². The first-order valence-corrected chi connectivity index (χ1v) is 38.7. The lowest BCUT2D eigenvalue weighted by molar-refractivity contribution is -0.143. The number of hydrogen-bond acceptors (Lipinski definition) is 5. The Morgan fingerprint density at radius 2 is 0.588 bits per heavy atom. The van der Waals surface area contributed by atoms with Crippen LogP contribution in [0.2, 0.25) is 0 Å². The molecule has 502 valence electrons. The Labute approximate surface area is 532 Å². The molecule has 0 fully saturated rings. The first-order chi connectivity index (χ1) is 42.0. The number of ether oxygens (including phenoxy) is 1. The normalized spacial score (nSPS) is 12.7. The van der Waals surface area contributed by atoms with Crippen molar-refractivity contribution in [3.05, 3.63) is 36.5 Å². The highest BCUT2D eigenvalue weighted by Crippen LogP contribution is 2.19. The lowest BCUT2D eigenvalue weighted by Gasteiger charge is -2.22. The summed E-state index contributed by atoms with van der Waals surface area (Å²) in [5, 5.41) is 23.2. The zero-order valence-electron chi connectivity index (χ0n) is 57.6. The van der Waals surface area contributed by atoms with Crippen molar-refractivity contribution in [2.75, 3.05) is 13.2 Å². The molecule has 2 atom stereocenters. The average Bonchev–Trinajstić information content (AvgIpc) is 3.51. The molecule has 0 aliphatic rings. The van der Waals surface area contributed by atoms with E-state index in [2.05, 4.69) is 55.6 Å². The van der Waals surface area contributed by atoms with Gasteiger partial charge in [-0.25, -0.2) is 0 Å². The predicted molar refractivity (Wildman–Crippen MR) is 375 cm³/mol. The molecule has 6 heteroatoms. The summed E-state index contributed by atoms with van der Waals surface area (Å²) >= 11 is 0. The van der Waals surface area contributed by atoms with Crippen molar-refractivity contribution in [2.24, 2.45) is 0 Å². The number of carbonyl (C=O) groups is 2. The van der Waals surface area contributed by atoms with Gasteiger partial charge >= 0.3 is 5.97 Å². The minimum absolute atomic E-state index is 0.0180. The summed E-state index contributed by atoms with van der Waals surface area (Å²) in [5.41, 5.74) is 0. The van der Waals surface area contributed by atoms with E-state index in [0.29, 0.717) is 25.9 Å². The monoisotopic (exact) mass is 1190 g/mol. The molecule has 3 N–H and O–H groups in total. The van der Waals surface area contributed by atoms with Crippen molar-refractivity contribution in [1.29, 1.82) is 0 Å². The lowest BCUT2D eigenvalue weighted by atomic mass is 10.0. The SMILES string of the molecule is CCCCCCCCC/C=C\CCCCCCCCCC(=O)OCCCCCCCCCCCCCCCCC/C=C\C/C=C\CCCCCCCCCCCCCCCCCCCC(=O)NC(CO)C(O)CCCCCCCCCCCCC. The van der Waals surface area contributed by atoms with Crippen LogP contribution in [0.1, 0.15) is 431 Å². The molecule has 0 saturated heterocycles. The highest BCUT2D eigenvalue weighted by molar-refractivity contribution is 5.76. The molecule has 0 bridgehead atoms. The van der Waals surface area contributed by atoms with E-state index in [-0.39, 0.29) is 18.5 Å². The second-order valence-electron chi connectivity index (χ2n) is 26.7. The summed E-state index contributed by atoms with van der Waals surface area (Å²) in [7, 11) is 0. The van der Waals surface area contributed by atoms with E-state index < -0.39 is 12.1 Å². The van der Waals surface area contributed by atoms with E-state index in [9.17, 15) is 19.8 Å². The molecule has 0 spiro atoms.